The molecule has 172 valence electrons. The second-order valence-corrected chi connectivity index (χ2v) is 10.4. The summed E-state index contributed by atoms with van der Waals surface area (Å²) in [4.78, 5) is 0.184. The first-order valence-corrected chi connectivity index (χ1v) is 11.9. The Kier molecular flexibility index (Phi) is 6.95. The summed E-state index contributed by atoms with van der Waals surface area (Å²) in [7, 11) is -0.567. The molecule has 32 heavy (non-hydrogen) atoms. The first-order valence-electron chi connectivity index (χ1n) is 10.4. The quantitative estimate of drug-likeness (QED) is 0.503. The summed E-state index contributed by atoms with van der Waals surface area (Å²) in [6, 6.07) is 14.7. The molecule has 1 aromatic heterocycles. The Hall–Kier alpha value is -2.84. The van der Waals surface area contributed by atoms with Crippen LogP contribution in [0.15, 0.2) is 53.4 Å². The highest BCUT2D eigenvalue weighted by atomic mass is 32.2. The van der Waals surface area contributed by atoms with Crippen LogP contribution in [0.4, 0.5) is 5.82 Å². The molecule has 0 saturated carbocycles. The first-order chi connectivity index (χ1) is 15.0. The topological polar surface area (TPSA) is 82.4 Å². The van der Waals surface area contributed by atoms with Gasteiger partial charge in [0, 0.05) is 14.2 Å². The van der Waals surface area contributed by atoms with Gasteiger partial charge < -0.3 is 9.47 Å². The normalized spacial score (nSPS) is 12.1. The Morgan fingerprint density at radius 3 is 2.19 bits per heavy atom. The van der Waals surface area contributed by atoms with E-state index in [1.54, 1.807) is 26.3 Å². The molecule has 8 heteroatoms. The number of benzene rings is 2. The van der Waals surface area contributed by atoms with E-state index in [9.17, 15) is 8.42 Å². The highest BCUT2D eigenvalue weighted by Gasteiger charge is 2.25. The Balaban J connectivity index is 2.01. The van der Waals surface area contributed by atoms with Gasteiger partial charge in [-0.3, -0.25) is 4.72 Å². The number of rotatable bonds is 8. The number of anilines is 1. The van der Waals surface area contributed by atoms with E-state index in [0.717, 1.165) is 16.7 Å². The van der Waals surface area contributed by atoms with E-state index >= 15 is 0 Å². The van der Waals surface area contributed by atoms with Gasteiger partial charge in [0.2, 0.25) is 5.88 Å². The summed E-state index contributed by atoms with van der Waals surface area (Å²) in [6.45, 7) is 8.95. The minimum atomic E-state index is -3.84. The molecule has 0 aliphatic heterocycles. The zero-order chi connectivity index (χ0) is 23.5. The maximum absolute atomic E-state index is 13.2. The van der Waals surface area contributed by atoms with Crippen LogP contribution in [0, 0.1) is 6.92 Å². The fourth-order valence-corrected chi connectivity index (χ4v) is 4.34. The molecule has 7 nitrogen and oxygen atoms in total. The van der Waals surface area contributed by atoms with Gasteiger partial charge in [-0.2, -0.15) is 0 Å². The lowest BCUT2D eigenvalue weighted by molar-refractivity contribution is 0.143. The molecule has 2 aromatic carbocycles. The van der Waals surface area contributed by atoms with E-state index < -0.39 is 10.0 Å². The molecule has 0 amide bonds. The predicted molar refractivity (Wildman–Crippen MR) is 127 cm³/mol. The van der Waals surface area contributed by atoms with Crippen LogP contribution in [-0.2, 0) is 27.2 Å². The fourth-order valence-electron chi connectivity index (χ4n) is 3.24. The van der Waals surface area contributed by atoms with Gasteiger partial charge in [-0.1, -0.05) is 62.7 Å². The van der Waals surface area contributed by atoms with Crippen molar-refractivity contribution < 1.29 is 17.9 Å². The largest absolute Gasteiger partial charge is 0.474 e. The average Bonchev–Trinajstić information content (AvgIpc) is 3.03. The van der Waals surface area contributed by atoms with Crippen LogP contribution >= 0.6 is 0 Å². The number of ether oxygens (including phenoxy) is 2. The highest BCUT2D eigenvalue weighted by molar-refractivity contribution is 7.92. The molecule has 0 bridgehead atoms. The van der Waals surface area contributed by atoms with E-state index in [4.69, 9.17) is 9.47 Å². The summed E-state index contributed by atoms with van der Waals surface area (Å²) in [5, 5.41) is 4.42. The molecule has 1 heterocycles. The molecule has 3 rings (SSSR count). The predicted octanol–water partition coefficient (Wildman–Crippen LogP) is 4.52. The van der Waals surface area contributed by atoms with E-state index in [2.05, 4.69) is 30.6 Å². The lowest BCUT2D eigenvalue weighted by atomic mass is 9.87. The second-order valence-electron chi connectivity index (χ2n) is 8.74. The molecule has 3 aromatic rings. The lowest BCUT2D eigenvalue weighted by Crippen LogP contribution is -2.17. The van der Waals surface area contributed by atoms with E-state index in [1.165, 1.54) is 4.68 Å². The zero-order valence-corrected chi connectivity index (χ0v) is 20.3. The van der Waals surface area contributed by atoms with Crippen LogP contribution in [0.3, 0.4) is 0 Å². The monoisotopic (exact) mass is 457 g/mol. The number of aryl methyl sites for hydroxylation is 2. The van der Waals surface area contributed by atoms with Crippen LogP contribution < -0.4 is 9.46 Å². The van der Waals surface area contributed by atoms with Gasteiger partial charge in [-0.25, -0.2) is 13.1 Å². The van der Waals surface area contributed by atoms with Gasteiger partial charge in [0.1, 0.15) is 12.4 Å². The van der Waals surface area contributed by atoms with Crippen LogP contribution in [0.25, 0.3) is 11.1 Å². The molecule has 0 atom stereocenters. The van der Waals surface area contributed by atoms with Crippen LogP contribution in [0.5, 0.6) is 5.88 Å². The Morgan fingerprint density at radius 2 is 1.62 bits per heavy atom. The first kappa shape index (κ1) is 23.8. The molecule has 0 spiro atoms. The Labute approximate surface area is 190 Å². The van der Waals surface area contributed by atoms with Crippen molar-refractivity contribution in [1.82, 2.24) is 9.78 Å². The van der Waals surface area contributed by atoms with Crippen molar-refractivity contribution in [3.05, 3.63) is 59.7 Å². The van der Waals surface area contributed by atoms with Crippen LogP contribution in [0.2, 0.25) is 0 Å². The van der Waals surface area contributed by atoms with Crippen molar-refractivity contribution >= 4 is 15.8 Å². The van der Waals surface area contributed by atoms with Gasteiger partial charge in [0.25, 0.3) is 10.0 Å². The lowest BCUT2D eigenvalue weighted by Gasteiger charge is -2.19. The molecule has 0 radical (unpaired) electrons. The number of methoxy groups -OCH3 is 1. The van der Waals surface area contributed by atoms with Crippen LogP contribution in [-0.4, -0.2) is 38.5 Å². The third-order valence-corrected chi connectivity index (χ3v) is 6.50. The average molecular weight is 458 g/mol. The van der Waals surface area contributed by atoms with Crippen molar-refractivity contribution in [1.29, 1.82) is 0 Å². The Morgan fingerprint density at radius 1 is 1.00 bits per heavy atom. The van der Waals surface area contributed by atoms with E-state index in [0.29, 0.717) is 30.5 Å². The summed E-state index contributed by atoms with van der Waals surface area (Å²) in [5.41, 5.74) is 3.48. The number of aromatic nitrogens is 2. The van der Waals surface area contributed by atoms with E-state index in [-0.39, 0.29) is 10.3 Å². The second kappa shape index (κ2) is 9.34. The zero-order valence-electron chi connectivity index (χ0n) is 19.5. The molecule has 0 aliphatic carbocycles. The molecule has 1 N–H and O–H groups in total. The summed E-state index contributed by atoms with van der Waals surface area (Å²) in [5.74, 6) is 0.676. The van der Waals surface area contributed by atoms with Crippen molar-refractivity contribution in [2.75, 3.05) is 25.0 Å². The third-order valence-electron chi connectivity index (χ3n) is 5.14. The van der Waals surface area contributed by atoms with E-state index in [1.807, 2.05) is 43.3 Å². The summed E-state index contributed by atoms with van der Waals surface area (Å²) >= 11 is 0. The Bertz CT molecular complexity index is 1160. The summed E-state index contributed by atoms with van der Waals surface area (Å²) < 4.78 is 41.5. The van der Waals surface area contributed by atoms with Crippen LogP contribution in [0.1, 0.15) is 31.9 Å². The highest BCUT2D eigenvalue weighted by Crippen LogP contribution is 2.37. The van der Waals surface area contributed by atoms with Gasteiger partial charge in [0.05, 0.1) is 17.1 Å². The smallest absolute Gasteiger partial charge is 0.263 e. The van der Waals surface area contributed by atoms with Gasteiger partial charge in [0.15, 0.2) is 0 Å². The number of nitrogens with zero attached hydrogens (tertiary/aromatic N) is 2. The number of nitrogens with one attached hydrogen (secondary N) is 1. The van der Waals surface area contributed by atoms with Crippen molar-refractivity contribution in [3.63, 3.8) is 0 Å². The third kappa shape index (κ3) is 5.31. The minimum absolute atomic E-state index is 0.0647. The van der Waals surface area contributed by atoms with Crippen molar-refractivity contribution in [2.24, 2.45) is 7.05 Å². The number of hydrogen-bond acceptors (Lipinski definition) is 5. The molecule has 0 aliphatic rings. The van der Waals surface area contributed by atoms with Crippen molar-refractivity contribution in [3.8, 4) is 17.0 Å². The maximum atomic E-state index is 13.2. The molecule has 0 saturated heterocycles. The standard InChI is InChI=1S/C24H31N3O4S/c1-17-7-9-18(10-8-17)21-22(27(5)25-23(21)31-16-15-30-6)26-32(28,29)20-13-11-19(12-14-20)24(2,3)4/h7-14,26H,15-16H2,1-6H3. The van der Waals surface area contributed by atoms with Gasteiger partial charge in [-0.15, -0.1) is 5.10 Å². The van der Waals surface area contributed by atoms with Gasteiger partial charge >= 0.3 is 0 Å². The minimum Gasteiger partial charge on any atom is -0.474 e. The number of hydrogen-bond donors (Lipinski definition) is 1. The van der Waals surface area contributed by atoms with Gasteiger partial charge in [-0.05, 0) is 35.6 Å². The molecular weight excluding hydrogens is 426 g/mol. The van der Waals surface area contributed by atoms with Crippen molar-refractivity contribution in [2.45, 2.75) is 38.0 Å². The number of sulfonamides is 1. The molecule has 0 fully saturated rings. The molecule has 0 unspecified atom stereocenters. The SMILES string of the molecule is COCCOc1nn(C)c(NS(=O)(=O)c2ccc(C(C)(C)C)cc2)c1-c1ccc(C)cc1. The summed E-state index contributed by atoms with van der Waals surface area (Å²) in [6.07, 6.45) is 0. The fraction of sp³-hybridized carbons (Fsp3) is 0.375. The maximum Gasteiger partial charge on any atom is 0.263 e. The molecular formula is C24H31N3O4S.